The normalized spacial score (nSPS) is 26.4. The third-order valence-electron chi connectivity index (χ3n) is 2.07. The Bertz CT molecular complexity index is 174. The van der Waals surface area contributed by atoms with E-state index in [1.54, 1.807) is 4.90 Å². The first-order chi connectivity index (χ1) is 5.63. The van der Waals surface area contributed by atoms with Crippen LogP contribution in [0.4, 0.5) is 0 Å². The van der Waals surface area contributed by atoms with Gasteiger partial charge in [-0.3, -0.25) is 4.79 Å². The topological polar surface area (TPSA) is 40.5 Å². The summed E-state index contributed by atoms with van der Waals surface area (Å²) in [7, 11) is 0. The lowest BCUT2D eigenvalue weighted by Crippen LogP contribution is -2.33. The largest absolute Gasteiger partial charge is 0.391 e. The number of halogens is 1. The Hall–Kier alpha value is -0.0900. The molecule has 3 nitrogen and oxygen atoms in total. The Kier molecular flexibility index (Phi) is 3.53. The highest BCUT2D eigenvalue weighted by Gasteiger charge is 2.28. The fourth-order valence-electron chi connectivity index (χ4n) is 1.28. The lowest BCUT2D eigenvalue weighted by molar-refractivity contribution is -0.128. The van der Waals surface area contributed by atoms with Crippen LogP contribution in [0.1, 0.15) is 19.8 Å². The van der Waals surface area contributed by atoms with E-state index in [0.717, 1.165) is 6.54 Å². The lowest BCUT2D eigenvalue weighted by Gasteiger charge is -2.18. The molecule has 4 heteroatoms. The van der Waals surface area contributed by atoms with Crippen LogP contribution in [-0.2, 0) is 4.79 Å². The molecule has 1 amide bonds. The van der Waals surface area contributed by atoms with Gasteiger partial charge in [0.25, 0.3) is 0 Å². The number of amides is 1. The molecule has 1 N–H and O–H groups in total. The number of alkyl halides is 1. The predicted molar refractivity (Wildman–Crippen MR) is 50.2 cm³/mol. The summed E-state index contributed by atoms with van der Waals surface area (Å²) in [4.78, 5) is 13.2. The van der Waals surface area contributed by atoms with E-state index in [0.29, 0.717) is 19.4 Å². The molecule has 12 heavy (non-hydrogen) atoms. The standard InChI is InChI=1S/C8H14BrNO2/c1-2-7(11)5-10-4-6(9)3-8(10)12/h6-7,11H,2-5H2,1H3. The number of hydrogen-bond donors (Lipinski definition) is 1. The Morgan fingerprint density at radius 3 is 2.92 bits per heavy atom. The summed E-state index contributed by atoms with van der Waals surface area (Å²) in [5.74, 6) is 0.143. The molecule has 1 heterocycles. The van der Waals surface area contributed by atoms with Crippen LogP contribution in [0.15, 0.2) is 0 Å². The van der Waals surface area contributed by atoms with E-state index in [9.17, 15) is 9.90 Å². The maximum absolute atomic E-state index is 11.2. The van der Waals surface area contributed by atoms with Crippen LogP contribution in [0, 0.1) is 0 Å². The van der Waals surface area contributed by atoms with Crippen LogP contribution in [0.5, 0.6) is 0 Å². The van der Waals surface area contributed by atoms with Gasteiger partial charge in [0, 0.05) is 24.3 Å². The smallest absolute Gasteiger partial charge is 0.223 e. The molecular formula is C8H14BrNO2. The van der Waals surface area contributed by atoms with Crippen molar-refractivity contribution < 1.29 is 9.90 Å². The van der Waals surface area contributed by atoms with Crippen molar-refractivity contribution in [2.45, 2.75) is 30.7 Å². The number of likely N-dealkylation sites (tertiary alicyclic amines) is 1. The van der Waals surface area contributed by atoms with Crippen LogP contribution in [0.2, 0.25) is 0 Å². The summed E-state index contributed by atoms with van der Waals surface area (Å²) >= 11 is 3.39. The van der Waals surface area contributed by atoms with Gasteiger partial charge in [0.2, 0.25) is 5.91 Å². The number of aliphatic hydroxyl groups is 1. The number of rotatable bonds is 3. The second-order valence-corrected chi connectivity index (χ2v) is 4.46. The first-order valence-electron chi connectivity index (χ1n) is 4.23. The third kappa shape index (κ3) is 2.45. The van der Waals surface area contributed by atoms with Gasteiger partial charge in [-0.1, -0.05) is 22.9 Å². The Morgan fingerprint density at radius 1 is 1.83 bits per heavy atom. The first-order valence-corrected chi connectivity index (χ1v) is 5.15. The summed E-state index contributed by atoms with van der Waals surface area (Å²) in [6.45, 7) is 3.13. The van der Waals surface area contributed by atoms with Crippen LogP contribution in [-0.4, -0.2) is 39.9 Å². The highest BCUT2D eigenvalue weighted by atomic mass is 79.9. The van der Waals surface area contributed by atoms with Crippen LogP contribution in [0.3, 0.4) is 0 Å². The molecule has 70 valence electrons. The zero-order valence-electron chi connectivity index (χ0n) is 7.16. The highest BCUT2D eigenvalue weighted by Crippen LogP contribution is 2.18. The Balaban J connectivity index is 2.37. The molecule has 0 aromatic carbocycles. The summed E-state index contributed by atoms with van der Waals surface area (Å²) in [5.41, 5.74) is 0. The number of β-amino-alcohol motifs (C(OH)–C–C–N with tert-alkyl or cyclic N) is 1. The van der Waals surface area contributed by atoms with E-state index in [-0.39, 0.29) is 16.8 Å². The van der Waals surface area contributed by atoms with Crippen molar-refractivity contribution in [1.29, 1.82) is 0 Å². The Morgan fingerprint density at radius 2 is 2.50 bits per heavy atom. The fourth-order valence-corrected chi connectivity index (χ4v) is 1.91. The average Bonchev–Trinajstić information content (AvgIpc) is 2.30. The number of nitrogens with zero attached hydrogens (tertiary/aromatic N) is 1. The molecule has 1 aliphatic heterocycles. The van der Waals surface area contributed by atoms with Crippen LogP contribution in [0.25, 0.3) is 0 Å². The van der Waals surface area contributed by atoms with E-state index in [4.69, 9.17) is 0 Å². The number of hydrogen-bond acceptors (Lipinski definition) is 2. The fraction of sp³-hybridized carbons (Fsp3) is 0.875. The minimum absolute atomic E-state index is 0.143. The van der Waals surface area contributed by atoms with Gasteiger partial charge in [-0.25, -0.2) is 0 Å². The SMILES string of the molecule is CCC(O)CN1CC(Br)CC1=O. The molecule has 2 unspecified atom stereocenters. The minimum Gasteiger partial charge on any atom is -0.391 e. The summed E-state index contributed by atoms with van der Waals surface area (Å²) < 4.78 is 0. The zero-order valence-corrected chi connectivity index (χ0v) is 8.75. The van der Waals surface area contributed by atoms with E-state index in [2.05, 4.69) is 15.9 Å². The summed E-state index contributed by atoms with van der Waals surface area (Å²) in [6, 6.07) is 0. The molecule has 1 rings (SSSR count). The van der Waals surface area contributed by atoms with Crippen molar-refractivity contribution in [3.8, 4) is 0 Å². The van der Waals surface area contributed by atoms with Crippen molar-refractivity contribution in [3.05, 3.63) is 0 Å². The number of carbonyl (C=O) groups excluding carboxylic acids is 1. The highest BCUT2D eigenvalue weighted by molar-refractivity contribution is 9.09. The van der Waals surface area contributed by atoms with Gasteiger partial charge in [0.15, 0.2) is 0 Å². The molecule has 0 aromatic rings. The molecule has 0 spiro atoms. The van der Waals surface area contributed by atoms with Crippen molar-refractivity contribution in [2.75, 3.05) is 13.1 Å². The van der Waals surface area contributed by atoms with Gasteiger partial charge in [-0.2, -0.15) is 0 Å². The number of aliphatic hydroxyl groups excluding tert-OH is 1. The van der Waals surface area contributed by atoms with Gasteiger partial charge in [0.05, 0.1) is 6.10 Å². The summed E-state index contributed by atoms with van der Waals surface area (Å²) in [5, 5.41) is 9.31. The van der Waals surface area contributed by atoms with Gasteiger partial charge < -0.3 is 10.0 Å². The van der Waals surface area contributed by atoms with Gasteiger partial charge in [0.1, 0.15) is 0 Å². The second kappa shape index (κ2) is 4.23. The minimum atomic E-state index is -0.369. The lowest BCUT2D eigenvalue weighted by atomic mass is 10.2. The molecular weight excluding hydrogens is 222 g/mol. The molecule has 1 fully saturated rings. The van der Waals surface area contributed by atoms with E-state index in [1.165, 1.54) is 0 Å². The zero-order chi connectivity index (χ0) is 9.14. The molecule has 1 saturated heterocycles. The maximum atomic E-state index is 11.2. The van der Waals surface area contributed by atoms with E-state index in [1.807, 2.05) is 6.92 Å². The quantitative estimate of drug-likeness (QED) is 0.734. The molecule has 1 aliphatic rings. The van der Waals surface area contributed by atoms with E-state index < -0.39 is 0 Å². The number of carbonyl (C=O) groups is 1. The first kappa shape index (κ1) is 9.99. The summed E-state index contributed by atoms with van der Waals surface area (Å²) in [6.07, 6.45) is 0.902. The van der Waals surface area contributed by atoms with Crippen molar-refractivity contribution in [2.24, 2.45) is 0 Å². The molecule has 2 atom stereocenters. The third-order valence-corrected chi connectivity index (χ3v) is 2.68. The predicted octanol–water partition coefficient (Wildman–Crippen LogP) is 0.753. The molecule has 0 aliphatic carbocycles. The van der Waals surface area contributed by atoms with Crippen molar-refractivity contribution in [1.82, 2.24) is 4.90 Å². The average molecular weight is 236 g/mol. The monoisotopic (exact) mass is 235 g/mol. The van der Waals surface area contributed by atoms with Crippen molar-refractivity contribution >= 4 is 21.8 Å². The van der Waals surface area contributed by atoms with Gasteiger partial charge in [-0.05, 0) is 6.42 Å². The van der Waals surface area contributed by atoms with Gasteiger partial charge >= 0.3 is 0 Å². The van der Waals surface area contributed by atoms with Crippen LogP contribution >= 0.6 is 15.9 Å². The molecule has 0 aromatic heterocycles. The molecule has 0 radical (unpaired) electrons. The Labute approximate surface area is 80.9 Å². The van der Waals surface area contributed by atoms with Gasteiger partial charge in [-0.15, -0.1) is 0 Å². The maximum Gasteiger partial charge on any atom is 0.223 e. The second-order valence-electron chi connectivity index (χ2n) is 3.16. The molecule has 0 bridgehead atoms. The van der Waals surface area contributed by atoms with Crippen molar-refractivity contribution in [3.63, 3.8) is 0 Å². The van der Waals surface area contributed by atoms with E-state index >= 15 is 0 Å². The van der Waals surface area contributed by atoms with Crippen LogP contribution < -0.4 is 0 Å². The molecule has 0 saturated carbocycles.